The van der Waals surface area contributed by atoms with Crippen LogP contribution in [0.1, 0.15) is 40.1 Å². The van der Waals surface area contributed by atoms with E-state index in [9.17, 15) is 19.2 Å². The molecule has 0 spiro atoms. The quantitative estimate of drug-likeness (QED) is 0.253. The maximum atomic E-state index is 13.6. The van der Waals surface area contributed by atoms with Gasteiger partial charge in [0.1, 0.15) is 0 Å². The second kappa shape index (κ2) is 9.80. The molecule has 4 rings (SSSR count). The number of carbonyl (C=O) groups is 2. The van der Waals surface area contributed by atoms with Gasteiger partial charge in [-0.3, -0.25) is 14.2 Å². The van der Waals surface area contributed by atoms with Crippen LogP contribution in [0.25, 0.3) is 17.0 Å². The number of benzene rings is 2. The summed E-state index contributed by atoms with van der Waals surface area (Å²) in [5, 5.41) is 0.760. The number of nitrogens with zero attached hydrogens (tertiary/aromatic N) is 2. The van der Waals surface area contributed by atoms with Crippen molar-refractivity contribution in [1.82, 2.24) is 14.1 Å². The maximum absolute atomic E-state index is 13.6. The Morgan fingerprint density at radius 3 is 2.51 bits per heavy atom. The first-order valence-electron chi connectivity index (χ1n) is 11.1. The standard InChI is InChI=1S/C27H25N3O5/c1-4-17-11-8-12-20-21(15-28-23(17)20)24(32)25(18-9-6-5-7-10-18)35-22(31)14-13-19-16-29(2)27(34)30(3)26(19)33/h5-16,25,28H,4H2,1-3H3/b14-13+. The van der Waals surface area contributed by atoms with Crippen LogP contribution in [0.4, 0.5) is 0 Å². The maximum Gasteiger partial charge on any atom is 0.331 e. The lowest BCUT2D eigenvalue weighted by molar-refractivity contribution is -0.141. The highest BCUT2D eigenvalue weighted by molar-refractivity contribution is 6.11. The van der Waals surface area contributed by atoms with Crippen LogP contribution < -0.4 is 11.2 Å². The van der Waals surface area contributed by atoms with E-state index in [-0.39, 0.29) is 11.3 Å². The van der Waals surface area contributed by atoms with Crippen LogP contribution in [0.2, 0.25) is 0 Å². The van der Waals surface area contributed by atoms with Gasteiger partial charge in [0.15, 0.2) is 6.10 Å². The van der Waals surface area contributed by atoms with Crippen molar-refractivity contribution in [2.75, 3.05) is 0 Å². The molecule has 178 valence electrons. The van der Waals surface area contributed by atoms with Crippen molar-refractivity contribution >= 4 is 28.7 Å². The number of hydrogen-bond donors (Lipinski definition) is 1. The van der Waals surface area contributed by atoms with Crippen molar-refractivity contribution < 1.29 is 14.3 Å². The van der Waals surface area contributed by atoms with E-state index < -0.39 is 23.3 Å². The fraction of sp³-hybridized carbons (Fsp3) is 0.185. The molecule has 8 heteroatoms. The number of esters is 1. The number of ether oxygens (including phenoxy) is 1. The summed E-state index contributed by atoms with van der Waals surface area (Å²) in [6.07, 6.45) is 4.95. The zero-order valence-corrected chi connectivity index (χ0v) is 19.6. The van der Waals surface area contributed by atoms with E-state index in [0.29, 0.717) is 11.1 Å². The second-order valence-corrected chi connectivity index (χ2v) is 8.16. The Balaban J connectivity index is 1.67. The molecule has 35 heavy (non-hydrogen) atoms. The first kappa shape index (κ1) is 23.7. The number of H-pyrrole nitrogens is 1. The zero-order valence-electron chi connectivity index (χ0n) is 19.6. The SMILES string of the molecule is CCc1cccc2c(C(=O)C(OC(=O)/C=C/c3cn(C)c(=O)n(C)c3=O)c3ccccc3)c[nH]c12. The van der Waals surface area contributed by atoms with Gasteiger partial charge >= 0.3 is 11.7 Å². The number of aromatic amines is 1. The Kier molecular flexibility index (Phi) is 6.64. The van der Waals surface area contributed by atoms with Gasteiger partial charge in [0.2, 0.25) is 5.78 Å². The van der Waals surface area contributed by atoms with Gasteiger partial charge in [0, 0.05) is 54.6 Å². The van der Waals surface area contributed by atoms with Gasteiger partial charge in [-0.15, -0.1) is 0 Å². The van der Waals surface area contributed by atoms with Crippen molar-refractivity contribution in [2.45, 2.75) is 19.4 Å². The Labute approximate surface area is 201 Å². The lowest BCUT2D eigenvalue weighted by atomic mass is 9.98. The number of hydrogen-bond acceptors (Lipinski definition) is 5. The summed E-state index contributed by atoms with van der Waals surface area (Å²) in [4.78, 5) is 53.7. The Bertz CT molecular complexity index is 1560. The minimum Gasteiger partial charge on any atom is -0.446 e. The average molecular weight is 472 g/mol. The molecule has 0 aliphatic heterocycles. The third-order valence-corrected chi connectivity index (χ3v) is 5.89. The molecular weight excluding hydrogens is 446 g/mol. The largest absolute Gasteiger partial charge is 0.446 e. The summed E-state index contributed by atoms with van der Waals surface area (Å²) in [6, 6.07) is 14.5. The highest BCUT2D eigenvalue weighted by atomic mass is 16.5. The van der Waals surface area contributed by atoms with Gasteiger partial charge in [-0.2, -0.15) is 0 Å². The number of aryl methyl sites for hydroxylation is 2. The van der Waals surface area contributed by atoms with Gasteiger partial charge < -0.3 is 14.3 Å². The fourth-order valence-corrected chi connectivity index (χ4v) is 4.02. The topological polar surface area (TPSA) is 103 Å². The van der Waals surface area contributed by atoms with Crippen LogP contribution in [-0.4, -0.2) is 25.9 Å². The van der Waals surface area contributed by atoms with Crippen molar-refractivity contribution in [3.63, 3.8) is 0 Å². The van der Waals surface area contributed by atoms with Crippen LogP contribution in [0.3, 0.4) is 0 Å². The first-order valence-corrected chi connectivity index (χ1v) is 11.1. The molecule has 1 unspecified atom stereocenters. The predicted octanol–water partition coefficient (Wildman–Crippen LogP) is 3.31. The van der Waals surface area contributed by atoms with Gasteiger partial charge in [0.05, 0.1) is 5.56 Å². The molecule has 2 heterocycles. The molecule has 1 atom stereocenters. The normalized spacial score (nSPS) is 12.2. The molecule has 2 aromatic heterocycles. The Morgan fingerprint density at radius 1 is 1.06 bits per heavy atom. The molecule has 0 aliphatic carbocycles. The smallest absolute Gasteiger partial charge is 0.331 e. The highest BCUT2D eigenvalue weighted by Crippen LogP contribution is 2.29. The number of nitrogens with one attached hydrogen (secondary N) is 1. The predicted molar refractivity (Wildman–Crippen MR) is 133 cm³/mol. The molecule has 1 N–H and O–H groups in total. The third-order valence-electron chi connectivity index (χ3n) is 5.89. The molecule has 8 nitrogen and oxygen atoms in total. The van der Waals surface area contributed by atoms with Gasteiger partial charge in [-0.05, 0) is 18.1 Å². The van der Waals surface area contributed by atoms with E-state index in [0.717, 1.165) is 33.5 Å². The lowest BCUT2D eigenvalue weighted by Gasteiger charge is -2.16. The number of aromatic nitrogens is 3. The summed E-state index contributed by atoms with van der Waals surface area (Å²) in [5.74, 6) is -1.16. The summed E-state index contributed by atoms with van der Waals surface area (Å²) >= 11 is 0. The van der Waals surface area contributed by atoms with E-state index in [1.54, 1.807) is 36.5 Å². The number of fused-ring (bicyclic) bond motifs is 1. The number of Topliss-reactive ketones (excluding diaryl/α,β-unsaturated/α-hetero) is 1. The molecule has 0 bridgehead atoms. The molecular formula is C27H25N3O5. The van der Waals surface area contributed by atoms with Crippen LogP contribution in [-0.2, 0) is 30.0 Å². The summed E-state index contributed by atoms with van der Waals surface area (Å²) in [6.45, 7) is 2.04. The van der Waals surface area contributed by atoms with Crippen molar-refractivity contribution in [3.8, 4) is 0 Å². The first-order chi connectivity index (χ1) is 16.8. The Hall–Kier alpha value is -4.46. The zero-order chi connectivity index (χ0) is 25.1. The van der Waals surface area contributed by atoms with Crippen molar-refractivity contribution in [2.24, 2.45) is 14.1 Å². The molecule has 0 amide bonds. The summed E-state index contributed by atoms with van der Waals surface area (Å²) in [7, 11) is 2.86. The third kappa shape index (κ3) is 4.63. The molecule has 0 saturated carbocycles. The number of carbonyl (C=O) groups excluding carboxylic acids is 2. The van der Waals surface area contributed by atoms with E-state index in [1.165, 1.54) is 30.9 Å². The summed E-state index contributed by atoms with van der Waals surface area (Å²) < 4.78 is 7.79. The number of ketones is 1. The van der Waals surface area contributed by atoms with Gasteiger partial charge in [-0.1, -0.05) is 55.5 Å². The summed E-state index contributed by atoms with van der Waals surface area (Å²) in [5.41, 5.74) is 2.02. The minimum atomic E-state index is -1.18. The van der Waals surface area contributed by atoms with E-state index in [2.05, 4.69) is 4.98 Å². The van der Waals surface area contributed by atoms with Crippen LogP contribution >= 0.6 is 0 Å². The highest BCUT2D eigenvalue weighted by Gasteiger charge is 2.28. The molecule has 0 aliphatic rings. The average Bonchev–Trinajstić information content (AvgIpc) is 3.32. The van der Waals surface area contributed by atoms with E-state index in [1.807, 2.05) is 25.1 Å². The fourth-order valence-electron chi connectivity index (χ4n) is 4.02. The second-order valence-electron chi connectivity index (χ2n) is 8.16. The monoisotopic (exact) mass is 471 g/mol. The molecule has 2 aromatic carbocycles. The van der Waals surface area contributed by atoms with Crippen molar-refractivity contribution in [1.29, 1.82) is 0 Å². The van der Waals surface area contributed by atoms with E-state index >= 15 is 0 Å². The minimum absolute atomic E-state index is 0.137. The molecule has 0 saturated heterocycles. The molecule has 0 radical (unpaired) electrons. The van der Waals surface area contributed by atoms with Crippen LogP contribution in [0.15, 0.2) is 76.6 Å². The molecule has 0 fully saturated rings. The Morgan fingerprint density at radius 2 is 1.80 bits per heavy atom. The van der Waals surface area contributed by atoms with Gasteiger partial charge in [0.25, 0.3) is 5.56 Å². The van der Waals surface area contributed by atoms with Gasteiger partial charge in [-0.25, -0.2) is 9.59 Å². The van der Waals surface area contributed by atoms with Crippen molar-refractivity contribution in [3.05, 3.63) is 110 Å². The molecule has 4 aromatic rings. The van der Waals surface area contributed by atoms with Crippen LogP contribution in [0.5, 0.6) is 0 Å². The van der Waals surface area contributed by atoms with E-state index in [4.69, 9.17) is 4.74 Å². The number of rotatable bonds is 7. The van der Waals surface area contributed by atoms with Crippen LogP contribution in [0, 0.1) is 0 Å². The number of para-hydroxylation sites is 1. The lowest BCUT2D eigenvalue weighted by Crippen LogP contribution is -2.37.